The fourth-order valence-corrected chi connectivity index (χ4v) is 6.12. The summed E-state index contributed by atoms with van der Waals surface area (Å²) < 4.78 is 32.6. The number of nitrogens with zero attached hydrogens (tertiary/aromatic N) is 3. The number of sulfonamides is 1. The largest absolute Gasteiger partial charge is 0.379 e. The van der Waals surface area contributed by atoms with E-state index in [9.17, 15) is 18.0 Å². The topological polar surface area (TPSA) is 109 Å². The van der Waals surface area contributed by atoms with Crippen molar-refractivity contribution in [3.05, 3.63) is 40.4 Å². The van der Waals surface area contributed by atoms with E-state index in [1.807, 2.05) is 0 Å². The predicted molar refractivity (Wildman–Crippen MR) is 116 cm³/mol. The molecule has 0 bridgehead atoms. The van der Waals surface area contributed by atoms with Crippen LogP contribution in [0.3, 0.4) is 0 Å². The zero-order valence-electron chi connectivity index (χ0n) is 16.5. The molecule has 0 saturated carbocycles. The van der Waals surface area contributed by atoms with Crippen LogP contribution < -0.4 is 5.32 Å². The van der Waals surface area contributed by atoms with Gasteiger partial charge in [0.15, 0.2) is 5.13 Å². The molecule has 2 saturated heterocycles. The van der Waals surface area contributed by atoms with Crippen LogP contribution in [0.4, 0.5) is 5.13 Å². The molecule has 1 aromatic heterocycles. The molecule has 1 unspecified atom stereocenters. The van der Waals surface area contributed by atoms with E-state index in [0.717, 1.165) is 0 Å². The molecule has 2 fully saturated rings. The third-order valence-electron chi connectivity index (χ3n) is 5.24. The molecule has 2 aromatic rings. The molecule has 166 valence electrons. The predicted octanol–water partition coefficient (Wildman–Crippen LogP) is 2.06. The number of halogens is 1. The standard InChI is InChI=1S/C19H21ClN4O5S2/c20-14-4-3-13(12-16(14)31(27,28)23-7-9-29-10-8-23)18(26)24-6-1-2-15(24)17(25)22-19-21-5-11-30-19/h3-5,11-12,15H,1-2,6-10H2,(H,21,22,25). The van der Waals surface area contributed by atoms with Crippen LogP contribution in [-0.4, -0.2) is 73.3 Å². The zero-order valence-corrected chi connectivity index (χ0v) is 18.9. The average Bonchev–Trinajstić information content (AvgIpc) is 3.46. The van der Waals surface area contributed by atoms with E-state index in [2.05, 4.69) is 10.3 Å². The summed E-state index contributed by atoms with van der Waals surface area (Å²) in [5.74, 6) is -0.720. The summed E-state index contributed by atoms with van der Waals surface area (Å²) in [6.07, 6.45) is 2.78. The van der Waals surface area contributed by atoms with E-state index >= 15 is 0 Å². The number of rotatable bonds is 5. The summed E-state index contributed by atoms with van der Waals surface area (Å²) >= 11 is 7.49. The van der Waals surface area contributed by atoms with E-state index in [4.69, 9.17) is 16.3 Å². The molecule has 31 heavy (non-hydrogen) atoms. The van der Waals surface area contributed by atoms with Gasteiger partial charge < -0.3 is 15.0 Å². The maximum Gasteiger partial charge on any atom is 0.254 e. The third-order valence-corrected chi connectivity index (χ3v) is 8.31. The molecule has 12 heteroatoms. The number of ether oxygens (including phenoxy) is 1. The van der Waals surface area contributed by atoms with Gasteiger partial charge in [0.2, 0.25) is 15.9 Å². The number of thiazole rings is 1. The van der Waals surface area contributed by atoms with Crippen molar-refractivity contribution >= 4 is 49.9 Å². The molecule has 0 spiro atoms. The normalized spacial score (nSPS) is 20.0. The lowest BCUT2D eigenvalue weighted by Gasteiger charge is -2.27. The summed E-state index contributed by atoms with van der Waals surface area (Å²) in [7, 11) is -3.87. The van der Waals surface area contributed by atoms with Crippen molar-refractivity contribution in [1.29, 1.82) is 0 Å². The molecule has 1 aromatic carbocycles. The maximum atomic E-state index is 13.2. The maximum absolute atomic E-state index is 13.2. The molecule has 4 rings (SSSR count). The van der Waals surface area contributed by atoms with E-state index < -0.39 is 22.0 Å². The van der Waals surface area contributed by atoms with Crippen LogP contribution in [0.25, 0.3) is 0 Å². The van der Waals surface area contributed by atoms with Crippen LogP contribution in [0.5, 0.6) is 0 Å². The first-order valence-electron chi connectivity index (χ1n) is 9.77. The van der Waals surface area contributed by atoms with Gasteiger partial charge in [0.05, 0.1) is 18.2 Å². The number of hydrogen-bond acceptors (Lipinski definition) is 7. The first-order chi connectivity index (χ1) is 14.9. The highest BCUT2D eigenvalue weighted by molar-refractivity contribution is 7.89. The Morgan fingerprint density at radius 1 is 1.23 bits per heavy atom. The van der Waals surface area contributed by atoms with Crippen LogP contribution in [0.15, 0.2) is 34.7 Å². The molecule has 2 amide bonds. The molecule has 9 nitrogen and oxygen atoms in total. The molecular weight excluding hydrogens is 464 g/mol. The number of hydrogen-bond donors (Lipinski definition) is 1. The Kier molecular flexibility index (Phi) is 6.58. The Bertz CT molecular complexity index is 1070. The van der Waals surface area contributed by atoms with E-state index in [-0.39, 0.29) is 34.5 Å². The van der Waals surface area contributed by atoms with Crippen molar-refractivity contribution in [2.75, 3.05) is 38.2 Å². The fourth-order valence-electron chi connectivity index (χ4n) is 3.68. The number of aromatic nitrogens is 1. The molecule has 0 radical (unpaired) electrons. The smallest absolute Gasteiger partial charge is 0.254 e. The van der Waals surface area contributed by atoms with Gasteiger partial charge in [0, 0.05) is 36.8 Å². The molecule has 3 heterocycles. The molecule has 1 atom stereocenters. The van der Waals surface area contributed by atoms with Crippen LogP contribution in [0.2, 0.25) is 5.02 Å². The first-order valence-corrected chi connectivity index (χ1v) is 12.5. The van der Waals surface area contributed by atoms with Gasteiger partial charge in [-0.25, -0.2) is 13.4 Å². The third kappa shape index (κ3) is 4.60. The molecule has 2 aliphatic rings. The lowest BCUT2D eigenvalue weighted by molar-refractivity contribution is -0.119. The molecule has 2 aliphatic heterocycles. The molecule has 1 N–H and O–H groups in total. The van der Waals surface area contributed by atoms with Crippen LogP contribution in [-0.2, 0) is 19.6 Å². The number of carbonyl (C=O) groups is 2. The van der Waals surface area contributed by atoms with Gasteiger partial charge in [-0.1, -0.05) is 11.6 Å². The van der Waals surface area contributed by atoms with Gasteiger partial charge in [0.1, 0.15) is 10.9 Å². The van der Waals surface area contributed by atoms with Gasteiger partial charge in [-0.3, -0.25) is 9.59 Å². The van der Waals surface area contributed by atoms with Gasteiger partial charge in [-0.2, -0.15) is 4.31 Å². The number of likely N-dealkylation sites (tertiary alicyclic amines) is 1. The Hall–Kier alpha value is -2.05. The summed E-state index contributed by atoms with van der Waals surface area (Å²) in [6, 6.07) is 3.54. The Morgan fingerprint density at radius 2 is 2.00 bits per heavy atom. The zero-order chi connectivity index (χ0) is 22.0. The molecule has 0 aliphatic carbocycles. The van der Waals surface area contributed by atoms with Crippen molar-refractivity contribution in [2.24, 2.45) is 0 Å². The van der Waals surface area contributed by atoms with Crippen molar-refractivity contribution in [2.45, 2.75) is 23.8 Å². The minimum Gasteiger partial charge on any atom is -0.379 e. The van der Waals surface area contributed by atoms with Gasteiger partial charge in [-0.15, -0.1) is 11.3 Å². The Labute approximate surface area is 189 Å². The highest BCUT2D eigenvalue weighted by atomic mass is 35.5. The lowest BCUT2D eigenvalue weighted by atomic mass is 10.1. The first kappa shape index (κ1) is 22.2. The highest BCUT2D eigenvalue weighted by Crippen LogP contribution is 2.29. The average molecular weight is 485 g/mol. The van der Waals surface area contributed by atoms with Crippen molar-refractivity contribution in [3.8, 4) is 0 Å². The van der Waals surface area contributed by atoms with Crippen LogP contribution >= 0.6 is 22.9 Å². The van der Waals surface area contributed by atoms with Gasteiger partial charge in [0.25, 0.3) is 5.91 Å². The SMILES string of the molecule is O=C(Nc1nccs1)C1CCCN1C(=O)c1ccc(Cl)c(S(=O)(=O)N2CCOCC2)c1. The highest BCUT2D eigenvalue weighted by Gasteiger charge is 2.36. The minimum absolute atomic E-state index is 0.0440. The van der Waals surface area contributed by atoms with Crippen molar-refractivity contribution in [3.63, 3.8) is 0 Å². The summed E-state index contributed by atoms with van der Waals surface area (Å²) in [4.78, 5) is 31.2. The number of nitrogens with one attached hydrogen (secondary N) is 1. The quantitative estimate of drug-likeness (QED) is 0.695. The summed E-state index contributed by atoms with van der Waals surface area (Å²) in [5, 5.41) is 4.99. The van der Waals surface area contributed by atoms with E-state index in [1.165, 1.54) is 38.7 Å². The number of amides is 2. The van der Waals surface area contributed by atoms with E-state index in [1.54, 1.807) is 11.6 Å². The fraction of sp³-hybridized carbons (Fsp3) is 0.421. The Morgan fingerprint density at radius 3 is 2.71 bits per heavy atom. The van der Waals surface area contributed by atoms with Crippen molar-refractivity contribution < 1.29 is 22.7 Å². The minimum atomic E-state index is -3.87. The number of anilines is 1. The van der Waals surface area contributed by atoms with Crippen LogP contribution in [0.1, 0.15) is 23.2 Å². The second-order valence-corrected chi connectivity index (χ2v) is 10.4. The van der Waals surface area contributed by atoms with Gasteiger partial charge in [-0.05, 0) is 31.0 Å². The molecular formula is C19H21ClN4O5S2. The monoisotopic (exact) mass is 484 g/mol. The summed E-state index contributed by atoms with van der Waals surface area (Å²) in [6.45, 7) is 1.46. The second kappa shape index (κ2) is 9.21. The van der Waals surface area contributed by atoms with Crippen LogP contribution in [0, 0.1) is 0 Å². The van der Waals surface area contributed by atoms with Gasteiger partial charge >= 0.3 is 0 Å². The van der Waals surface area contributed by atoms with E-state index in [0.29, 0.717) is 37.7 Å². The number of morpholine rings is 1. The lowest BCUT2D eigenvalue weighted by Crippen LogP contribution is -2.43. The van der Waals surface area contributed by atoms with Crippen molar-refractivity contribution in [1.82, 2.24) is 14.2 Å². The Balaban J connectivity index is 1.57. The number of benzene rings is 1. The second-order valence-electron chi connectivity index (χ2n) is 7.14. The number of carbonyl (C=O) groups excluding carboxylic acids is 2. The summed E-state index contributed by atoms with van der Waals surface area (Å²) in [5.41, 5.74) is 0.171.